The second kappa shape index (κ2) is 5.62. The van der Waals surface area contributed by atoms with E-state index in [1.54, 1.807) is 26.0 Å². The molecule has 22 heavy (non-hydrogen) atoms. The van der Waals surface area contributed by atoms with Gasteiger partial charge >= 0.3 is 5.97 Å². The second-order valence-electron chi connectivity index (χ2n) is 6.10. The van der Waals surface area contributed by atoms with Crippen molar-refractivity contribution in [3.05, 3.63) is 35.4 Å². The third-order valence-electron chi connectivity index (χ3n) is 3.78. The summed E-state index contributed by atoms with van der Waals surface area (Å²) in [7, 11) is 0. The summed E-state index contributed by atoms with van der Waals surface area (Å²) < 4.78 is 21.9. The molecule has 1 N–H and O–H groups in total. The summed E-state index contributed by atoms with van der Waals surface area (Å²) in [4.78, 5) is 11.9. The fraction of sp³-hybridized carbons (Fsp3) is 0.562. The van der Waals surface area contributed by atoms with Gasteiger partial charge in [-0.05, 0) is 32.9 Å². The molecule has 0 saturated carbocycles. The van der Waals surface area contributed by atoms with Gasteiger partial charge < -0.3 is 24.1 Å². The fourth-order valence-corrected chi connectivity index (χ4v) is 2.63. The van der Waals surface area contributed by atoms with Crippen LogP contribution in [0.4, 0.5) is 0 Å². The van der Waals surface area contributed by atoms with E-state index >= 15 is 0 Å². The molecule has 0 bridgehead atoms. The maximum Gasteiger partial charge on any atom is 0.338 e. The molecule has 4 atom stereocenters. The number of ether oxygens (including phenoxy) is 4. The third kappa shape index (κ3) is 3.01. The maximum absolute atomic E-state index is 11.9. The number of hydrogen-bond donors (Lipinski definition) is 1. The minimum atomic E-state index is -0.891. The van der Waals surface area contributed by atoms with Crippen molar-refractivity contribution in [3.8, 4) is 0 Å². The van der Waals surface area contributed by atoms with E-state index in [0.717, 1.165) is 5.56 Å². The molecule has 6 nitrogen and oxygen atoms in total. The number of aliphatic hydroxyl groups excluding tert-OH is 1. The number of aliphatic hydroxyl groups is 1. The first-order valence-corrected chi connectivity index (χ1v) is 7.29. The lowest BCUT2D eigenvalue weighted by Crippen LogP contribution is -2.37. The van der Waals surface area contributed by atoms with Gasteiger partial charge in [-0.2, -0.15) is 0 Å². The van der Waals surface area contributed by atoms with Crippen LogP contribution < -0.4 is 0 Å². The van der Waals surface area contributed by atoms with Crippen molar-refractivity contribution >= 4 is 5.97 Å². The van der Waals surface area contributed by atoms with Gasteiger partial charge in [-0.3, -0.25) is 0 Å². The van der Waals surface area contributed by atoms with E-state index in [0.29, 0.717) is 5.56 Å². The number of rotatable bonds is 3. The number of esters is 1. The summed E-state index contributed by atoms with van der Waals surface area (Å²) in [6, 6.07) is 7.08. The number of hydrogen-bond acceptors (Lipinski definition) is 6. The molecule has 2 saturated heterocycles. The second-order valence-corrected chi connectivity index (χ2v) is 6.10. The SMILES string of the molecule is Cc1ccc(C(=O)OC[C@@H]2O[C@@H]3OC(C)(C)O[C@@H]3[C@H]2O)cc1. The van der Waals surface area contributed by atoms with Crippen LogP contribution >= 0.6 is 0 Å². The zero-order valence-corrected chi connectivity index (χ0v) is 12.8. The Hall–Kier alpha value is -1.47. The van der Waals surface area contributed by atoms with E-state index in [-0.39, 0.29) is 6.61 Å². The molecule has 0 unspecified atom stereocenters. The summed E-state index contributed by atoms with van der Waals surface area (Å²) in [5.41, 5.74) is 1.53. The first kappa shape index (κ1) is 15.4. The van der Waals surface area contributed by atoms with Gasteiger partial charge in [0.1, 0.15) is 24.9 Å². The smallest absolute Gasteiger partial charge is 0.338 e. The molecule has 2 fully saturated rings. The van der Waals surface area contributed by atoms with Gasteiger partial charge in [0.15, 0.2) is 12.1 Å². The molecule has 2 aliphatic rings. The average molecular weight is 308 g/mol. The van der Waals surface area contributed by atoms with Crippen LogP contribution in [0.1, 0.15) is 29.8 Å². The Kier molecular flexibility index (Phi) is 3.94. The quantitative estimate of drug-likeness (QED) is 0.851. The Labute approximate surface area is 128 Å². The fourth-order valence-electron chi connectivity index (χ4n) is 2.63. The summed E-state index contributed by atoms with van der Waals surface area (Å²) in [5.74, 6) is -1.23. The molecule has 2 aliphatic heterocycles. The maximum atomic E-state index is 11.9. The molecule has 0 spiro atoms. The molecule has 1 aromatic carbocycles. The number of carbonyl (C=O) groups excluding carboxylic acids is 1. The molecule has 120 valence electrons. The predicted molar refractivity (Wildman–Crippen MR) is 76.2 cm³/mol. The number of aryl methyl sites for hydroxylation is 1. The zero-order chi connectivity index (χ0) is 15.9. The van der Waals surface area contributed by atoms with Crippen LogP contribution in [-0.2, 0) is 18.9 Å². The predicted octanol–water partition coefficient (Wildman–Crippen LogP) is 1.39. The van der Waals surface area contributed by atoms with E-state index < -0.39 is 36.4 Å². The number of benzene rings is 1. The monoisotopic (exact) mass is 308 g/mol. The topological polar surface area (TPSA) is 74.2 Å². The Balaban J connectivity index is 1.55. The molecule has 0 radical (unpaired) electrons. The highest BCUT2D eigenvalue weighted by Crippen LogP contribution is 2.37. The molecular weight excluding hydrogens is 288 g/mol. The minimum absolute atomic E-state index is 0.0476. The zero-order valence-electron chi connectivity index (χ0n) is 12.8. The lowest BCUT2D eigenvalue weighted by Gasteiger charge is -2.22. The number of carbonyl (C=O) groups is 1. The largest absolute Gasteiger partial charge is 0.459 e. The van der Waals surface area contributed by atoms with Crippen LogP contribution in [-0.4, -0.2) is 48.1 Å². The molecule has 0 amide bonds. The van der Waals surface area contributed by atoms with Crippen molar-refractivity contribution in [3.63, 3.8) is 0 Å². The highest BCUT2D eigenvalue weighted by atomic mass is 16.8. The molecule has 2 heterocycles. The van der Waals surface area contributed by atoms with Gasteiger partial charge in [0.2, 0.25) is 0 Å². The van der Waals surface area contributed by atoms with Gasteiger partial charge in [-0.1, -0.05) is 17.7 Å². The first-order chi connectivity index (χ1) is 10.4. The minimum Gasteiger partial charge on any atom is -0.459 e. The van der Waals surface area contributed by atoms with Gasteiger partial charge in [0, 0.05) is 0 Å². The normalized spacial score (nSPS) is 32.7. The first-order valence-electron chi connectivity index (χ1n) is 7.29. The van der Waals surface area contributed by atoms with Crippen molar-refractivity contribution in [2.45, 2.75) is 51.2 Å². The van der Waals surface area contributed by atoms with E-state index in [4.69, 9.17) is 18.9 Å². The van der Waals surface area contributed by atoms with Crippen molar-refractivity contribution < 1.29 is 28.8 Å². The van der Waals surface area contributed by atoms with Crippen molar-refractivity contribution in [1.29, 1.82) is 0 Å². The van der Waals surface area contributed by atoms with E-state index in [1.807, 2.05) is 19.1 Å². The molecular formula is C16H20O6. The van der Waals surface area contributed by atoms with Gasteiger partial charge in [0.25, 0.3) is 0 Å². The highest BCUT2D eigenvalue weighted by Gasteiger charge is 2.54. The molecule has 3 rings (SSSR count). The van der Waals surface area contributed by atoms with Gasteiger partial charge in [0.05, 0.1) is 5.56 Å². The Bertz CT molecular complexity index is 552. The third-order valence-corrected chi connectivity index (χ3v) is 3.78. The lowest BCUT2D eigenvalue weighted by atomic mass is 10.1. The van der Waals surface area contributed by atoms with E-state index in [2.05, 4.69) is 0 Å². The number of fused-ring (bicyclic) bond motifs is 1. The van der Waals surface area contributed by atoms with Gasteiger partial charge in [-0.25, -0.2) is 4.79 Å². The van der Waals surface area contributed by atoms with Crippen LogP contribution in [0.3, 0.4) is 0 Å². The molecule has 6 heteroatoms. The Morgan fingerprint density at radius 3 is 2.59 bits per heavy atom. The van der Waals surface area contributed by atoms with Crippen LogP contribution in [0.2, 0.25) is 0 Å². The van der Waals surface area contributed by atoms with Crippen molar-refractivity contribution in [2.24, 2.45) is 0 Å². The van der Waals surface area contributed by atoms with E-state index in [1.165, 1.54) is 0 Å². The molecule has 0 aliphatic carbocycles. The Morgan fingerprint density at radius 1 is 1.27 bits per heavy atom. The van der Waals surface area contributed by atoms with E-state index in [9.17, 15) is 9.90 Å². The van der Waals surface area contributed by atoms with Crippen LogP contribution in [0, 0.1) is 6.92 Å². The summed E-state index contributed by atoms with van der Waals surface area (Å²) in [6.07, 6.45) is -2.73. The summed E-state index contributed by atoms with van der Waals surface area (Å²) >= 11 is 0. The lowest BCUT2D eigenvalue weighted by molar-refractivity contribution is -0.218. The molecule has 1 aromatic rings. The van der Waals surface area contributed by atoms with Crippen LogP contribution in [0.15, 0.2) is 24.3 Å². The summed E-state index contributed by atoms with van der Waals surface area (Å²) in [6.45, 7) is 5.41. The molecule has 0 aromatic heterocycles. The average Bonchev–Trinajstić information content (AvgIpc) is 2.91. The van der Waals surface area contributed by atoms with Crippen LogP contribution in [0.25, 0.3) is 0 Å². The van der Waals surface area contributed by atoms with Crippen molar-refractivity contribution in [2.75, 3.05) is 6.61 Å². The van der Waals surface area contributed by atoms with Gasteiger partial charge in [-0.15, -0.1) is 0 Å². The summed E-state index contributed by atoms with van der Waals surface area (Å²) in [5, 5.41) is 10.2. The highest BCUT2D eigenvalue weighted by molar-refractivity contribution is 5.89. The van der Waals surface area contributed by atoms with Crippen molar-refractivity contribution in [1.82, 2.24) is 0 Å². The standard InChI is InChI=1S/C16H20O6/c1-9-4-6-10(7-5-9)14(18)19-8-11-12(17)13-15(20-11)22-16(2,3)21-13/h4-7,11-13,15,17H,8H2,1-3H3/t11-,12-,13+,15+/m0/s1. The van der Waals surface area contributed by atoms with Crippen LogP contribution in [0.5, 0.6) is 0 Å². The Morgan fingerprint density at radius 2 is 1.95 bits per heavy atom.